The van der Waals surface area contributed by atoms with Gasteiger partial charge in [-0.25, -0.2) is 4.39 Å². The van der Waals surface area contributed by atoms with E-state index < -0.39 is 0 Å². The molecule has 0 amide bonds. The molecule has 2 rings (SSSR count). The maximum atomic E-state index is 13.6. The van der Waals surface area contributed by atoms with Crippen molar-refractivity contribution in [1.29, 1.82) is 0 Å². The molecule has 0 saturated heterocycles. The molecule has 0 heterocycles. The van der Waals surface area contributed by atoms with E-state index in [1.165, 1.54) is 18.9 Å². The normalized spacial score (nSPS) is 18.0. The van der Waals surface area contributed by atoms with Gasteiger partial charge >= 0.3 is 0 Å². The highest BCUT2D eigenvalue weighted by atomic mass is 35.5. The third kappa shape index (κ3) is 3.94. The number of ether oxygens (including phenoxy) is 1. The Hall–Kier alpha value is -0.640. The second-order valence-corrected chi connectivity index (χ2v) is 5.72. The largest absolute Gasteiger partial charge is 0.377 e. The molecule has 0 bridgehead atoms. The minimum absolute atomic E-state index is 0.187. The van der Waals surface area contributed by atoms with E-state index in [0.29, 0.717) is 18.9 Å². The average molecular weight is 300 g/mol. The molecule has 1 aromatic carbocycles. The molecule has 2 atom stereocenters. The predicted molar refractivity (Wildman–Crippen MR) is 80.7 cm³/mol. The van der Waals surface area contributed by atoms with Crippen molar-refractivity contribution < 1.29 is 9.13 Å². The molecule has 4 heteroatoms. The summed E-state index contributed by atoms with van der Waals surface area (Å²) in [6.45, 7) is 5.68. The summed E-state index contributed by atoms with van der Waals surface area (Å²) in [6, 6.07) is 5.19. The number of benzene rings is 1. The lowest BCUT2D eigenvalue weighted by atomic mass is 9.98. The lowest BCUT2D eigenvalue weighted by Gasteiger charge is -2.28. The Bertz CT molecular complexity index is 436. The van der Waals surface area contributed by atoms with E-state index in [2.05, 4.69) is 12.2 Å². The molecule has 2 unspecified atom stereocenters. The van der Waals surface area contributed by atoms with Crippen LogP contribution in [0.5, 0.6) is 0 Å². The fourth-order valence-corrected chi connectivity index (χ4v) is 2.91. The van der Waals surface area contributed by atoms with Crippen LogP contribution >= 0.6 is 11.6 Å². The van der Waals surface area contributed by atoms with Gasteiger partial charge in [-0.3, -0.25) is 0 Å². The van der Waals surface area contributed by atoms with Crippen LogP contribution in [0.2, 0.25) is 5.02 Å². The topological polar surface area (TPSA) is 21.3 Å². The Morgan fingerprint density at radius 2 is 2.15 bits per heavy atom. The average Bonchev–Trinajstić information content (AvgIpc) is 3.25. The van der Waals surface area contributed by atoms with Gasteiger partial charge in [-0.2, -0.15) is 0 Å². The SMILES string of the molecule is CCNC(Cc1cccc(F)c1Cl)C(OCC)C1CC1. The van der Waals surface area contributed by atoms with Crippen molar-refractivity contribution in [3.63, 3.8) is 0 Å². The van der Waals surface area contributed by atoms with Gasteiger partial charge in [-0.05, 0) is 50.3 Å². The third-order valence-corrected chi connectivity index (χ3v) is 4.20. The van der Waals surface area contributed by atoms with Crippen LogP contribution in [-0.4, -0.2) is 25.3 Å². The van der Waals surface area contributed by atoms with Crippen LogP contribution in [0.25, 0.3) is 0 Å². The van der Waals surface area contributed by atoms with Crippen molar-refractivity contribution in [1.82, 2.24) is 5.32 Å². The summed E-state index contributed by atoms with van der Waals surface area (Å²) < 4.78 is 19.5. The first kappa shape index (κ1) is 15.7. The fraction of sp³-hybridized carbons (Fsp3) is 0.625. The number of rotatable bonds is 8. The lowest BCUT2D eigenvalue weighted by molar-refractivity contribution is 0.0196. The molecular formula is C16H23ClFNO. The summed E-state index contributed by atoms with van der Waals surface area (Å²) >= 11 is 6.07. The van der Waals surface area contributed by atoms with E-state index in [0.717, 1.165) is 12.1 Å². The first-order valence-electron chi connectivity index (χ1n) is 7.45. The summed E-state index contributed by atoms with van der Waals surface area (Å²) in [5.74, 6) is 0.283. The molecule has 1 aromatic rings. The first-order chi connectivity index (χ1) is 9.67. The van der Waals surface area contributed by atoms with Crippen molar-refractivity contribution in [2.75, 3.05) is 13.2 Å². The van der Waals surface area contributed by atoms with Crippen LogP contribution in [0.4, 0.5) is 4.39 Å². The van der Waals surface area contributed by atoms with Crippen molar-refractivity contribution in [3.8, 4) is 0 Å². The van der Waals surface area contributed by atoms with E-state index in [9.17, 15) is 4.39 Å². The van der Waals surface area contributed by atoms with Crippen LogP contribution in [0, 0.1) is 11.7 Å². The van der Waals surface area contributed by atoms with Crippen LogP contribution < -0.4 is 5.32 Å². The van der Waals surface area contributed by atoms with Gasteiger partial charge in [0.1, 0.15) is 5.82 Å². The summed E-state index contributed by atoms with van der Waals surface area (Å²) in [4.78, 5) is 0. The molecule has 20 heavy (non-hydrogen) atoms. The first-order valence-corrected chi connectivity index (χ1v) is 7.83. The lowest BCUT2D eigenvalue weighted by Crippen LogP contribution is -2.44. The second kappa shape index (κ2) is 7.39. The van der Waals surface area contributed by atoms with Crippen molar-refractivity contribution in [2.24, 2.45) is 5.92 Å². The Kier molecular flexibility index (Phi) is 5.82. The Balaban J connectivity index is 2.13. The highest BCUT2D eigenvalue weighted by Crippen LogP contribution is 2.37. The Labute approximate surface area is 125 Å². The van der Waals surface area contributed by atoms with Crippen molar-refractivity contribution in [2.45, 2.75) is 45.3 Å². The minimum atomic E-state index is -0.348. The predicted octanol–water partition coefficient (Wildman–Crippen LogP) is 3.81. The van der Waals surface area contributed by atoms with Crippen LogP contribution in [0.1, 0.15) is 32.3 Å². The van der Waals surface area contributed by atoms with Gasteiger partial charge in [-0.15, -0.1) is 0 Å². The standard InChI is InChI=1S/C16H23ClFNO/c1-3-19-14(16(20-4-2)11-8-9-11)10-12-6-5-7-13(18)15(12)17/h5-7,11,14,16,19H,3-4,8-10H2,1-2H3. The number of hydrogen-bond acceptors (Lipinski definition) is 2. The second-order valence-electron chi connectivity index (χ2n) is 5.34. The molecule has 0 aromatic heterocycles. The Morgan fingerprint density at radius 3 is 2.75 bits per heavy atom. The molecule has 1 aliphatic carbocycles. The van der Waals surface area contributed by atoms with E-state index in [1.807, 2.05) is 13.0 Å². The molecule has 1 N–H and O–H groups in total. The van der Waals surface area contributed by atoms with Gasteiger partial charge in [0.25, 0.3) is 0 Å². The molecule has 1 saturated carbocycles. The van der Waals surface area contributed by atoms with Crippen LogP contribution in [0.3, 0.4) is 0 Å². The van der Waals surface area contributed by atoms with Crippen molar-refractivity contribution in [3.05, 3.63) is 34.6 Å². The smallest absolute Gasteiger partial charge is 0.142 e. The zero-order valence-electron chi connectivity index (χ0n) is 12.2. The zero-order valence-corrected chi connectivity index (χ0v) is 12.9. The van der Waals surface area contributed by atoms with E-state index in [1.54, 1.807) is 6.07 Å². The summed E-state index contributed by atoms with van der Waals surface area (Å²) in [5, 5.41) is 3.72. The summed E-state index contributed by atoms with van der Waals surface area (Å²) in [6.07, 6.45) is 3.35. The van der Waals surface area contributed by atoms with E-state index in [-0.39, 0.29) is 23.0 Å². The van der Waals surface area contributed by atoms with Gasteiger partial charge in [0.05, 0.1) is 11.1 Å². The highest BCUT2D eigenvalue weighted by Gasteiger charge is 2.37. The molecule has 2 nitrogen and oxygen atoms in total. The minimum Gasteiger partial charge on any atom is -0.377 e. The maximum Gasteiger partial charge on any atom is 0.142 e. The van der Waals surface area contributed by atoms with Crippen molar-refractivity contribution >= 4 is 11.6 Å². The van der Waals surface area contributed by atoms with Gasteiger partial charge in [0, 0.05) is 12.6 Å². The third-order valence-electron chi connectivity index (χ3n) is 3.78. The zero-order chi connectivity index (χ0) is 14.5. The van der Waals surface area contributed by atoms with Crippen LogP contribution in [0.15, 0.2) is 18.2 Å². The number of halogens is 2. The monoisotopic (exact) mass is 299 g/mol. The summed E-state index contributed by atoms with van der Waals surface area (Å²) in [5.41, 5.74) is 0.850. The molecular weight excluding hydrogens is 277 g/mol. The van der Waals surface area contributed by atoms with Gasteiger partial charge in [-0.1, -0.05) is 30.7 Å². The molecule has 112 valence electrons. The molecule has 0 aliphatic heterocycles. The van der Waals surface area contributed by atoms with E-state index >= 15 is 0 Å². The van der Waals surface area contributed by atoms with Gasteiger partial charge in [0.2, 0.25) is 0 Å². The molecule has 0 radical (unpaired) electrons. The number of hydrogen-bond donors (Lipinski definition) is 1. The maximum absolute atomic E-state index is 13.6. The number of likely N-dealkylation sites (N-methyl/N-ethyl adjacent to an activating group) is 1. The number of nitrogens with one attached hydrogen (secondary N) is 1. The van der Waals surface area contributed by atoms with E-state index in [4.69, 9.17) is 16.3 Å². The summed E-state index contributed by atoms with van der Waals surface area (Å²) in [7, 11) is 0. The highest BCUT2D eigenvalue weighted by molar-refractivity contribution is 6.31. The van der Waals surface area contributed by atoms with Crippen LogP contribution in [-0.2, 0) is 11.2 Å². The molecule has 0 spiro atoms. The Morgan fingerprint density at radius 1 is 1.40 bits per heavy atom. The van der Waals surface area contributed by atoms with Gasteiger partial charge < -0.3 is 10.1 Å². The molecule has 1 fully saturated rings. The molecule has 1 aliphatic rings. The fourth-order valence-electron chi connectivity index (χ4n) is 2.71. The van der Waals surface area contributed by atoms with Gasteiger partial charge in [0.15, 0.2) is 0 Å². The quantitative estimate of drug-likeness (QED) is 0.788.